The number of hydrogen-bond acceptors (Lipinski definition) is 2. The summed E-state index contributed by atoms with van der Waals surface area (Å²) in [6, 6.07) is 7.71. The average molecular weight is 224 g/mol. The minimum atomic E-state index is -0.760. The van der Waals surface area contributed by atoms with Crippen LogP contribution in [0.2, 0.25) is 0 Å². The van der Waals surface area contributed by atoms with Gasteiger partial charge in [-0.2, -0.15) is 0 Å². The standard InChI is InChI=1S/C12H18O2.C2H6/c1-12(2,3)10-6-4-9(5-7-10)11(14)8-13;1-2/h4-7,11,13-14H,8H2,1-3H3;1-2H3. The molecule has 0 saturated heterocycles. The smallest absolute Gasteiger partial charge is 0.102 e. The van der Waals surface area contributed by atoms with Crippen LogP contribution in [0.3, 0.4) is 0 Å². The Labute approximate surface area is 98.9 Å². The van der Waals surface area contributed by atoms with Crippen molar-refractivity contribution < 1.29 is 10.2 Å². The predicted molar refractivity (Wildman–Crippen MR) is 68.5 cm³/mol. The molecule has 0 bridgehead atoms. The molecule has 2 nitrogen and oxygen atoms in total. The van der Waals surface area contributed by atoms with Gasteiger partial charge in [0.25, 0.3) is 0 Å². The molecule has 2 N–H and O–H groups in total. The second-order valence-electron chi connectivity index (χ2n) is 4.57. The normalized spacial score (nSPS) is 12.7. The van der Waals surface area contributed by atoms with Gasteiger partial charge in [0.2, 0.25) is 0 Å². The van der Waals surface area contributed by atoms with Crippen molar-refractivity contribution in [3.05, 3.63) is 35.4 Å². The zero-order valence-corrected chi connectivity index (χ0v) is 11.0. The van der Waals surface area contributed by atoms with E-state index in [0.717, 1.165) is 5.56 Å². The van der Waals surface area contributed by atoms with Gasteiger partial charge < -0.3 is 10.2 Å². The van der Waals surface area contributed by atoms with Crippen LogP contribution < -0.4 is 0 Å². The maximum absolute atomic E-state index is 9.37. The van der Waals surface area contributed by atoms with Gasteiger partial charge >= 0.3 is 0 Å². The van der Waals surface area contributed by atoms with E-state index in [-0.39, 0.29) is 12.0 Å². The highest BCUT2D eigenvalue weighted by atomic mass is 16.3. The lowest BCUT2D eigenvalue weighted by atomic mass is 9.86. The molecule has 0 radical (unpaired) electrons. The fraction of sp³-hybridized carbons (Fsp3) is 0.571. The van der Waals surface area contributed by atoms with E-state index in [1.807, 2.05) is 38.1 Å². The number of rotatable bonds is 2. The molecule has 0 aliphatic carbocycles. The fourth-order valence-electron chi connectivity index (χ4n) is 1.31. The lowest BCUT2D eigenvalue weighted by molar-refractivity contribution is 0.0956. The number of benzene rings is 1. The second-order valence-corrected chi connectivity index (χ2v) is 4.57. The zero-order chi connectivity index (χ0) is 12.8. The van der Waals surface area contributed by atoms with Crippen LogP contribution >= 0.6 is 0 Å². The lowest BCUT2D eigenvalue weighted by Crippen LogP contribution is -2.11. The van der Waals surface area contributed by atoms with E-state index in [1.54, 1.807) is 0 Å². The van der Waals surface area contributed by atoms with Crippen LogP contribution in [0.15, 0.2) is 24.3 Å². The molecule has 0 aliphatic rings. The van der Waals surface area contributed by atoms with Crippen molar-refractivity contribution in [2.75, 3.05) is 6.61 Å². The summed E-state index contributed by atoms with van der Waals surface area (Å²) < 4.78 is 0. The number of aliphatic hydroxyl groups is 2. The van der Waals surface area contributed by atoms with Crippen molar-refractivity contribution in [3.8, 4) is 0 Å². The third-order valence-corrected chi connectivity index (χ3v) is 2.33. The van der Waals surface area contributed by atoms with Crippen molar-refractivity contribution >= 4 is 0 Å². The highest BCUT2D eigenvalue weighted by molar-refractivity contribution is 5.28. The van der Waals surface area contributed by atoms with Crippen molar-refractivity contribution in [3.63, 3.8) is 0 Å². The van der Waals surface area contributed by atoms with Crippen LogP contribution in [0.4, 0.5) is 0 Å². The van der Waals surface area contributed by atoms with E-state index in [4.69, 9.17) is 5.11 Å². The Hall–Kier alpha value is -0.860. The summed E-state index contributed by atoms with van der Waals surface area (Å²) in [5.41, 5.74) is 2.12. The van der Waals surface area contributed by atoms with Gasteiger partial charge in [0.15, 0.2) is 0 Å². The maximum Gasteiger partial charge on any atom is 0.102 e. The van der Waals surface area contributed by atoms with Gasteiger partial charge in [-0.1, -0.05) is 58.9 Å². The van der Waals surface area contributed by atoms with E-state index >= 15 is 0 Å². The minimum absolute atomic E-state index is 0.128. The monoisotopic (exact) mass is 224 g/mol. The summed E-state index contributed by atoms with van der Waals surface area (Å²) in [6.45, 7) is 10.2. The van der Waals surface area contributed by atoms with Gasteiger partial charge in [-0.3, -0.25) is 0 Å². The van der Waals surface area contributed by atoms with Gasteiger partial charge in [-0.15, -0.1) is 0 Å². The Bertz CT molecular complexity index is 283. The molecule has 0 aromatic heterocycles. The highest BCUT2D eigenvalue weighted by Gasteiger charge is 2.13. The van der Waals surface area contributed by atoms with Crippen molar-refractivity contribution in [1.82, 2.24) is 0 Å². The molecule has 1 aromatic rings. The van der Waals surface area contributed by atoms with Crippen LogP contribution in [-0.4, -0.2) is 16.8 Å². The Balaban J connectivity index is 0.00000106. The first-order chi connectivity index (χ1) is 7.45. The van der Waals surface area contributed by atoms with E-state index < -0.39 is 6.10 Å². The molecule has 0 saturated carbocycles. The molecule has 0 fully saturated rings. The number of aliphatic hydroxyl groups excluding tert-OH is 2. The summed E-state index contributed by atoms with van der Waals surface area (Å²) in [5.74, 6) is 0. The Morgan fingerprint density at radius 2 is 1.50 bits per heavy atom. The van der Waals surface area contributed by atoms with Gasteiger partial charge in [0.05, 0.1) is 6.61 Å². The van der Waals surface area contributed by atoms with Crippen LogP contribution in [0, 0.1) is 0 Å². The maximum atomic E-state index is 9.37. The number of hydrogen-bond donors (Lipinski definition) is 2. The SMILES string of the molecule is CC.CC(C)(C)c1ccc(C(O)CO)cc1. The summed E-state index contributed by atoms with van der Waals surface area (Å²) in [5, 5.41) is 18.1. The Morgan fingerprint density at radius 1 is 1.06 bits per heavy atom. The topological polar surface area (TPSA) is 40.5 Å². The lowest BCUT2D eigenvalue weighted by Gasteiger charge is -2.19. The molecule has 2 heteroatoms. The Kier molecular flexibility index (Phi) is 6.31. The second kappa shape index (κ2) is 6.66. The van der Waals surface area contributed by atoms with Crippen molar-refractivity contribution in [2.45, 2.75) is 46.1 Å². The van der Waals surface area contributed by atoms with E-state index in [2.05, 4.69) is 20.8 Å². The van der Waals surface area contributed by atoms with E-state index in [9.17, 15) is 5.11 Å². The summed E-state index contributed by atoms with van der Waals surface area (Å²) in [7, 11) is 0. The zero-order valence-electron chi connectivity index (χ0n) is 11.0. The van der Waals surface area contributed by atoms with Crippen LogP contribution in [0.25, 0.3) is 0 Å². The minimum Gasteiger partial charge on any atom is -0.393 e. The van der Waals surface area contributed by atoms with Crippen molar-refractivity contribution in [2.24, 2.45) is 0 Å². The molecular formula is C14H24O2. The highest BCUT2D eigenvalue weighted by Crippen LogP contribution is 2.23. The predicted octanol–water partition coefficient (Wildman–Crippen LogP) is 3.04. The molecule has 1 aromatic carbocycles. The first kappa shape index (κ1) is 15.1. The molecule has 1 unspecified atom stereocenters. The van der Waals surface area contributed by atoms with Crippen LogP contribution in [0.1, 0.15) is 51.8 Å². The molecule has 16 heavy (non-hydrogen) atoms. The molecule has 0 spiro atoms. The fourth-order valence-corrected chi connectivity index (χ4v) is 1.31. The Morgan fingerprint density at radius 3 is 1.81 bits per heavy atom. The van der Waals surface area contributed by atoms with E-state index in [0.29, 0.717) is 0 Å². The van der Waals surface area contributed by atoms with Crippen molar-refractivity contribution in [1.29, 1.82) is 0 Å². The summed E-state index contributed by atoms with van der Waals surface area (Å²) in [6.07, 6.45) is -0.760. The van der Waals surface area contributed by atoms with Gasteiger partial charge in [-0.05, 0) is 16.5 Å². The molecule has 92 valence electrons. The van der Waals surface area contributed by atoms with E-state index in [1.165, 1.54) is 5.56 Å². The molecular weight excluding hydrogens is 200 g/mol. The molecule has 1 atom stereocenters. The first-order valence-electron chi connectivity index (χ1n) is 5.84. The molecule has 0 aliphatic heterocycles. The quantitative estimate of drug-likeness (QED) is 0.810. The molecule has 0 heterocycles. The van der Waals surface area contributed by atoms with Crippen LogP contribution in [0.5, 0.6) is 0 Å². The largest absolute Gasteiger partial charge is 0.393 e. The summed E-state index contributed by atoms with van der Waals surface area (Å²) >= 11 is 0. The molecule has 1 rings (SSSR count). The average Bonchev–Trinajstić information content (AvgIpc) is 2.30. The van der Waals surface area contributed by atoms with Gasteiger partial charge in [-0.25, -0.2) is 0 Å². The third kappa shape index (κ3) is 4.33. The van der Waals surface area contributed by atoms with Gasteiger partial charge in [0.1, 0.15) is 6.10 Å². The molecule has 0 amide bonds. The van der Waals surface area contributed by atoms with Gasteiger partial charge in [0, 0.05) is 0 Å². The van der Waals surface area contributed by atoms with Crippen LogP contribution in [-0.2, 0) is 5.41 Å². The third-order valence-electron chi connectivity index (χ3n) is 2.33. The summed E-state index contributed by atoms with van der Waals surface area (Å²) in [4.78, 5) is 0. The first-order valence-corrected chi connectivity index (χ1v) is 5.84.